The number of carboxylic acid groups (broad SMARTS) is 1. The minimum atomic E-state index is -0.713. The molecule has 0 saturated heterocycles. The Kier molecular flexibility index (Phi) is 3.69. The van der Waals surface area contributed by atoms with Crippen LogP contribution in [0.5, 0.6) is 0 Å². The molecule has 0 aliphatic heterocycles. The Morgan fingerprint density at radius 2 is 1.91 bits per heavy atom. The summed E-state index contributed by atoms with van der Waals surface area (Å²) < 4.78 is 0. The first-order chi connectivity index (χ1) is 10.7. The van der Waals surface area contributed by atoms with Crippen LogP contribution in [0.25, 0.3) is 0 Å². The lowest BCUT2D eigenvalue weighted by Crippen LogP contribution is -2.48. The summed E-state index contributed by atoms with van der Waals surface area (Å²) in [7, 11) is 0. The van der Waals surface area contributed by atoms with Gasteiger partial charge in [-0.3, -0.25) is 4.79 Å². The third kappa shape index (κ3) is 2.45. The zero-order chi connectivity index (χ0) is 15.1. The summed E-state index contributed by atoms with van der Waals surface area (Å²) in [4.78, 5) is 11.7. The molecule has 6 atom stereocenters. The van der Waals surface area contributed by atoms with E-state index in [9.17, 15) is 9.90 Å². The van der Waals surface area contributed by atoms with E-state index in [1.807, 2.05) is 30.3 Å². The first-order valence-electron chi connectivity index (χ1n) is 8.75. The van der Waals surface area contributed by atoms with Crippen LogP contribution in [0, 0.1) is 23.7 Å². The SMILES string of the molecule is O=C(O)[C@H](Cc1ccccc1)NC1CC2CC1C1CCCC21. The van der Waals surface area contributed by atoms with E-state index in [2.05, 4.69) is 5.32 Å². The predicted octanol–water partition coefficient (Wildman–Crippen LogP) is 3.10. The molecule has 3 nitrogen and oxygen atoms in total. The van der Waals surface area contributed by atoms with Crippen LogP contribution in [0.15, 0.2) is 30.3 Å². The van der Waals surface area contributed by atoms with Crippen molar-refractivity contribution in [1.29, 1.82) is 0 Å². The maximum Gasteiger partial charge on any atom is 0.321 e. The molecule has 3 heteroatoms. The molecular weight excluding hydrogens is 274 g/mol. The van der Waals surface area contributed by atoms with E-state index in [-0.39, 0.29) is 0 Å². The third-order valence-electron chi connectivity index (χ3n) is 6.42. The molecule has 0 amide bonds. The lowest BCUT2D eigenvalue weighted by atomic mass is 9.79. The van der Waals surface area contributed by atoms with Gasteiger partial charge in [0.2, 0.25) is 0 Å². The monoisotopic (exact) mass is 299 g/mol. The standard InChI is InChI=1S/C19H25NO2/c21-19(22)18(9-12-5-2-1-3-6-12)20-17-11-13-10-16(17)15-8-4-7-14(13)15/h1-3,5-6,13-18,20H,4,7-11H2,(H,21,22)/t13?,14?,15?,16?,17?,18-/m0/s1. The van der Waals surface area contributed by atoms with Crippen LogP contribution in [-0.2, 0) is 11.2 Å². The average molecular weight is 299 g/mol. The molecule has 3 aliphatic rings. The zero-order valence-electron chi connectivity index (χ0n) is 12.9. The highest BCUT2D eigenvalue weighted by molar-refractivity contribution is 5.74. The smallest absolute Gasteiger partial charge is 0.321 e. The van der Waals surface area contributed by atoms with Crippen LogP contribution in [0.2, 0.25) is 0 Å². The average Bonchev–Trinajstić information content (AvgIpc) is 3.20. The molecule has 2 bridgehead atoms. The highest BCUT2D eigenvalue weighted by Gasteiger charge is 2.54. The molecule has 5 unspecified atom stereocenters. The Balaban J connectivity index is 1.43. The fourth-order valence-corrected chi connectivity index (χ4v) is 5.59. The van der Waals surface area contributed by atoms with Gasteiger partial charge in [0, 0.05) is 6.04 Å². The van der Waals surface area contributed by atoms with Crippen LogP contribution < -0.4 is 5.32 Å². The molecule has 0 spiro atoms. The fourth-order valence-electron chi connectivity index (χ4n) is 5.59. The minimum Gasteiger partial charge on any atom is -0.480 e. The van der Waals surface area contributed by atoms with Crippen molar-refractivity contribution in [3.05, 3.63) is 35.9 Å². The first-order valence-corrected chi connectivity index (χ1v) is 8.75. The van der Waals surface area contributed by atoms with E-state index >= 15 is 0 Å². The van der Waals surface area contributed by atoms with Crippen molar-refractivity contribution in [3.8, 4) is 0 Å². The number of carboxylic acids is 1. The number of hydrogen-bond donors (Lipinski definition) is 2. The van der Waals surface area contributed by atoms with Gasteiger partial charge in [0.05, 0.1) is 0 Å². The molecule has 1 aromatic carbocycles. The second-order valence-electron chi connectivity index (χ2n) is 7.51. The predicted molar refractivity (Wildman–Crippen MR) is 85.5 cm³/mol. The molecular formula is C19H25NO2. The van der Waals surface area contributed by atoms with Gasteiger partial charge in [0.25, 0.3) is 0 Å². The van der Waals surface area contributed by atoms with Gasteiger partial charge in [0.1, 0.15) is 6.04 Å². The Labute approximate surface area is 132 Å². The lowest BCUT2D eigenvalue weighted by molar-refractivity contribution is -0.139. The van der Waals surface area contributed by atoms with Crippen LogP contribution >= 0.6 is 0 Å². The Hall–Kier alpha value is -1.35. The molecule has 1 aromatic rings. The molecule has 4 rings (SSSR count). The second kappa shape index (κ2) is 5.69. The summed E-state index contributed by atoms with van der Waals surface area (Å²) in [5.74, 6) is 2.72. The first kappa shape index (κ1) is 14.3. The zero-order valence-corrected chi connectivity index (χ0v) is 12.9. The quantitative estimate of drug-likeness (QED) is 0.878. The summed E-state index contributed by atoms with van der Waals surface area (Å²) in [5.41, 5.74) is 1.10. The van der Waals surface area contributed by atoms with E-state index in [1.165, 1.54) is 32.1 Å². The molecule has 22 heavy (non-hydrogen) atoms. The van der Waals surface area contributed by atoms with Crippen LogP contribution in [-0.4, -0.2) is 23.2 Å². The molecule has 2 N–H and O–H groups in total. The van der Waals surface area contributed by atoms with Gasteiger partial charge in [0.15, 0.2) is 0 Å². The largest absolute Gasteiger partial charge is 0.480 e. The van der Waals surface area contributed by atoms with Crippen LogP contribution in [0.3, 0.4) is 0 Å². The normalized spacial score (nSPS) is 37.2. The highest BCUT2D eigenvalue weighted by atomic mass is 16.4. The van der Waals surface area contributed by atoms with Crippen molar-refractivity contribution < 1.29 is 9.90 Å². The fraction of sp³-hybridized carbons (Fsp3) is 0.632. The van der Waals surface area contributed by atoms with E-state index < -0.39 is 12.0 Å². The van der Waals surface area contributed by atoms with E-state index in [0.717, 1.165) is 29.2 Å². The van der Waals surface area contributed by atoms with Gasteiger partial charge in [-0.1, -0.05) is 36.8 Å². The summed E-state index contributed by atoms with van der Waals surface area (Å²) >= 11 is 0. The van der Waals surface area contributed by atoms with E-state index in [4.69, 9.17) is 0 Å². The van der Waals surface area contributed by atoms with Gasteiger partial charge in [-0.05, 0) is 61.3 Å². The molecule has 3 aliphatic carbocycles. The molecule has 118 valence electrons. The van der Waals surface area contributed by atoms with Crippen LogP contribution in [0.4, 0.5) is 0 Å². The molecule has 0 radical (unpaired) electrons. The minimum absolute atomic E-state index is 0.425. The van der Waals surface area contributed by atoms with Gasteiger partial charge >= 0.3 is 5.97 Å². The van der Waals surface area contributed by atoms with E-state index in [0.29, 0.717) is 12.5 Å². The Morgan fingerprint density at radius 1 is 1.14 bits per heavy atom. The van der Waals surface area contributed by atoms with Crippen molar-refractivity contribution in [2.75, 3.05) is 0 Å². The molecule has 3 fully saturated rings. The van der Waals surface area contributed by atoms with Crippen molar-refractivity contribution in [3.63, 3.8) is 0 Å². The van der Waals surface area contributed by atoms with Gasteiger partial charge in [-0.15, -0.1) is 0 Å². The highest BCUT2D eigenvalue weighted by Crippen LogP contribution is 2.58. The number of carbonyl (C=O) groups is 1. The second-order valence-corrected chi connectivity index (χ2v) is 7.51. The van der Waals surface area contributed by atoms with Gasteiger partial charge in [-0.2, -0.15) is 0 Å². The molecule has 0 aromatic heterocycles. The number of hydrogen-bond acceptors (Lipinski definition) is 2. The maximum atomic E-state index is 11.7. The van der Waals surface area contributed by atoms with Crippen molar-refractivity contribution in [2.45, 2.75) is 50.6 Å². The summed E-state index contributed by atoms with van der Waals surface area (Å²) in [6.45, 7) is 0. The Morgan fingerprint density at radius 3 is 2.68 bits per heavy atom. The molecule has 0 heterocycles. The number of nitrogens with one attached hydrogen (secondary N) is 1. The number of benzene rings is 1. The number of fused-ring (bicyclic) bond motifs is 5. The lowest BCUT2D eigenvalue weighted by Gasteiger charge is -2.34. The van der Waals surface area contributed by atoms with Crippen LogP contribution in [0.1, 0.15) is 37.7 Å². The van der Waals surface area contributed by atoms with E-state index in [1.54, 1.807) is 0 Å². The van der Waals surface area contributed by atoms with Gasteiger partial charge < -0.3 is 10.4 Å². The van der Waals surface area contributed by atoms with Gasteiger partial charge in [-0.25, -0.2) is 0 Å². The number of rotatable bonds is 5. The van der Waals surface area contributed by atoms with Crippen molar-refractivity contribution in [1.82, 2.24) is 5.32 Å². The maximum absolute atomic E-state index is 11.7. The summed E-state index contributed by atoms with van der Waals surface area (Å²) in [6.07, 6.45) is 7.31. The summed E-state index contributed by atoms with van der Waals surface area (Å²) in [6, 6.07) is 9.95. The topological polar surface area (TPSA) is 49.3 Å². The number of aliphatic carboxylic acids is 1. The van der Waals surface area contributed by atoms with Crippen molar-refractivity contribution in [2.24, 2.45) is 23.7 Å². The molecule has 3 saturated carbocycles. The third-order valence-corrected chi connectivity index (χ3v) is 6.42. The Bertz CT molecular complexity index is 544. The van der Waals surface area contributed by atoms with Crippen molar-refractivity contribution >= 4 is 5.97 Å². The summed E-state index contributed by atoms with van der Waals surface area (Å²) in [5, 5.41) is 13.1.